The molecule has 8 heteroatoms. The van der Waals surface area contributed by atoms with E-state index in [9.17, 15) is 23.1 Å². The van der Waals surface area contributed by atoms with E-state index < -0.39 is 21.2 Å². The van der Waals surface area contributed by atoms with Crippen LogP contribution in [0.4, 0.5) is 0 Å². The number of amides is 1. The van der Waals surface area contributed by atoms with Crippen LogP contribution < -0.4 is 0 Å². The minimum Gasteiger partial charge on any atom is -0.481 e. The van der Waals surface area contributed by atoms with Crippen LogP contribution in [-0.4, -0.2) is 49.6 Å². The van der Waals surface area contributed by atoms with Gasteiger partial charge in [0.25, 0.3) is 5.91 Å². The Balaban J connectivity index is 2.33. The summed E-state index contributed by atoms with van der Waals surface area (Å²) in [5.41, 5.74) is -0.742. The van der Waals surface area contributed by atoms with Crippen molar-refractivity contribution in [2.24, 2.45) is 5.41 Å². The second-order valence-electron chi connectivity index (χ2n) is 5.76. The Morgan fingerprint density at radius 2 is 2.00 bits per heavy atom. The van der Waals surface area contributed by atoms with Crippen LogP contribution in [0.5, 0.6) is 0 Å². The van der Waals surface area contributed by atoms with Crippen molar-refractivity contribution in [2.75, 3.05) is 19.3 Å². The lowest BCUT2D eigenvalue weighted by Gasteiger charge is -2.21. The molecule has 6 nitrogen and oxygen atoms in total. The lowest BCUT2D eigenvalue weighted by molar-refractivity contribution is -0.147. The van der Waals surface area contributed by atoms with E-state index in [4.69, 9.17) is 0 Å². The normalized spacial score (nSPS) is 21.9. The number of hydrogen-bond donors (Lipinski definition) is 1. The Hall–Kier alpha value is -1.41. The van der Waals surface area contributed by atoms with Crippen LogP contribution in [0, 0.1) is 5.41 Å². The number of rotatable bonds is 3. The molecule has 1 saturated heterocycles. The number of carbonyl (C=O) groups excluding carboxylic acids is 1. The number of hydrogen-bond acceptors (Lipinski definition) is 4. The van der Waals surface area contributed by atoms with Crippen LogP contribution in [-0.2, 0) is 14.6 Å². The number of carboxylic acids is 1. The third-order valence-electron chi connectivity index (χ3n) is 3.87. The number of nitrogens with zero attached hydrogens (tertiary/aromatic N) is 1. The molecule has 22 heavy (non-hydrogen) atoms. The molecule has 1 amide bonds. The number of halogens is 1. The first-order valence-corrected chi connectivity index (χ1v) is 9.25. The maximum atomic E-state index is 12.6. The van der Waals surface area contributed by atoms with Crippen LogP contribution in [0.25, 0.3) is 0 Å². The van der Waals surface area contributed by atoms with Gasteiger partial charge >= 0.3 is 5.97 Å². The molecule has 0 spiro atoms. The van der Waals surface area contributed by atoms with Crippen LogP contribution >= 0.6 is 15.9 Å². The fraction of sp³-hybridized carbons (Fsp3) is 0.429. The summed E-state index contributed by atoms with van der Waals surface area (Å²) in [4.78, 5) is 25.3. The first-order chi connectivity index (χ1) is 10.0. The van der Waals surface area contributed by atoms with Gasteiger partial charge in [0.1, 0.15) is 0 Å². The van der Waals surface area contributed by atoms with E-state index in [1.54, 1.807) is 6.92 Å². The van der Waals surface area contributed by atoms with Gasteiger partial charge in [-0.15, -0.1) is 0 Å². The maximum Gasteiger partial charge on any atom is 0.311 e. The molecule has 1 heterocycles. The highest BCUT2D eigenvalue weighted by molar-refractivity contribution is 9.10. The monoisotopic (exact) mass is 389 g/mol. The summed E-state index contributed by atoms with van der Waals surface area (Å²) in [6, 6.07) is 4.25. The molecule has 0 bridgehead atoms. The highest BCUT2D eigenvalue weighted by atomic mass is 79.9. The van der Waals surface area contributed by atoms with Crippen molar-refractivity contribution < 1.29 is 23.1 Å². The van der Waals surface area contributed by atoms with Gasteiger partial charge in [-0.25, -0.2) is 8.42 Å². The van der Waals surface area contributed by atoms with Crippen molar-refractivity contribution in [3.05, 3.63) is 28.2 Å². The quantitative estimate of drug-likeness (QED) is 0.850. The lowest BCUT2D eigenvalue weighted by atomic mass is 9.90. The second-order valence-corrected chi connectivity index (χ2v) is 8.63. The van der Waals surface area contributed by atoms with Gasteiger partial charge in [0.15, 0.2) is 9.84 Å². The van der Waals surface area contributed by atoms with Crippen molar-refractivity contribution >= 4 is 37.6 Å². The molecule has 1 unspecified atom stereocenters. The van der Waals surface area contributed by atoms with Crippen molar-refractivity contribution in [3.8, 4) is 0 Å². The molecule has 1 atom stereocenters. The van der Waals surface area contributed by atoms with E-state index >= 15 is 0 Å². The van der Waals surface area contributed by atoms with Crippen LogP contribution in [0.3, 0.4) is 0 Å². The Morgan fingerprint density at radius 1 is 1.36 bits per heavy atom. The molecule has 1 N–H and O–H groups in total. The first kappa shape index (κ1) is 17.0. The van der Waals surface area contributed by atoms with E-state index in [1.807, 2.05) is 0 Å². The van der Waals surface area contributed by atoms with E-state index in [0.29, 0.717) is 17.4 Å². The zero-order valence-corrected chi connectivity index (χ0v) is 14.6. The standard InChI is InChI=1S/C14H16BrNO5S/c1-14(13(18)19)5-6-16(8-14)12(17)10-7-9(22(2,20)21)3-4-11(10)15/h3-4,7H,5-6,8H2,1-2H3,(H,18,19). The van der Waals surface area contributed by atoms with E-state index in [2.05, 4.69) is 15.9 Å². The predicted octanol–water partition coefficient (Wildman–Crippen LogP) is 1.79. The maximum absolute atomic E-state index is 12.6. The fourth-order valence-electron chi connectivity index (χ4n) is 2.38. The van der Waals surface area contributed by atoms with E-state index in [1.165, 1.54) is 23.1 Å². The Morgan fingerprint density at radius 3 is 2.50 bits per heavy atom. The summed E-state index contributed by atoms with van der Waals surface area (Å²) >= 11 is 3.24. The number of carbonyl (C=O) groups is 2. The minimum absolute atomic E-state index is 0.0549. The second kappa shape index (κ2) is 5.66. The zero-order chi connectivity index (χ0) is 16.7. The lowest BCUT2D eigenvalue weighted by Crippen LogP contribution is -2.35. The Bertz CT molecular complexity index is 746. The topological polar surface area (TPSA) is 91.8 Å². The van der Waals surface area contributed by atoms with Gasteiger partial charge in [-0.3, -0.25) is 9.59 Å². The number of benzene rings is 1. The third kappa shape index (κ3) is 3.17. The average Bonchev–Trinajstić information content (AvgIpc) is 2.81. The molecule has 120 valence electrons. The van der Waals surface area contributed by atoms with Crippen LogP contribution in [0.15, 0.2) is 27.6 Å². The smallest absolute Gasteiger partial charge is 0.311 e. The molecule has 1 aromatic carbocycles. The summed E-state index contributed by atoms with van der Waals surface area (Å²) in [7, 11) is -3.42. The van der Waals surface area contributed by atoms with Crippen molar-refractivity contribution in [3.63, 3.8) is 0 Å². The zero-order valence-electron chi connectivity index (χ0n) is 12.2. The summed E-state index contributed by atoms with van der Waals surface area (Å²) in [6.07, 6.45) is 1.44. The van der Waals surface area contributed by atoms with Gasteiger partial charge < -0.3 is 10.0 Å². The molecule has 0 saturated carbocycles. The van der Waals surface area contributed by atoms with Gasteiger partial charge in [0.05, 0.1) is 15.9 Å². The Labute approximate surface area is 137 Å². The fourth-order valence-corrected chi connectivity index (χ4v) is 3.44. The predicted molar refractivity (Wildman–Crippen MR) is 83.5 cm³/mol. The van der Waals surface area contributed by atoms with Gasteiger partial charge in [0.2, 0.25) is 0 Å². The van der Waals surface area contributed by atoms with Gasteiger partial charge in [-0.1, -0.05) is 0 Å². The molecular formula is C14H16BrNO5S. The minimum atomic E-state index is -3.42. The molecule has 0 radical (unpaired) electrons. The Kier molecular flexibility index (Phi) is 4.36. The summed E-state index contributed by atoms with van der Waals surface area (Å²) in [5, 5.41) is 9.22. The van der Waals surface area contributed by atoms with E-state index in [0.717, 1.165) is 6.26 Å². The number of aliphatic carboxylic acids is 1. The summed E-state index contributed by atoms with van der Waals surface area (Å²) in [6.45, 7) is 2.04. The van der Waals surface area contributed by atoms with Gasteiger partial charge in [-0.05, 0) is 47.5 Å². The highest BCUT2D eigenvalue weighted by Crippen LogP contribution is 2.32. The van der Waals surface area contributed by atoms with Gasteiger partial charge in [0, 0.05) is 23.8 Å². The SMILES string of the molecule is CC1(C(=O)O)CCN(C(=O)c2cc(S(C)(=O)=O)ccc2Br)C1. The molecule has 1 aromatic rings. The van der Waals surface area contributed by atoms with Crippen molar-refractivity contribution in [1.82, 2.24) is 4.90 Å². The highest BCUT2D eigenvalue weighted by Gasteiger charge is 2.42. The van der Waals surface area contributed by atoms with Gasteiger partial charge in [-0.2, -0.15) is 0 Å². The molecule has 0 aromatic heterocycles. The molecule has 1 aliphatic rings. The third-order valence-corrected chi connectivity index (χ3v) is 5.67. The number of sulfone groups is 1. The molecule has 1 fully saturated rings. The van der Waals surface area contributed by atoms with Crippen LogP contribution in [0.1, 0.15) is 23.7 Å². The molecule has 1 aliphatic heterocycles. The van der Waals surface area contributed by atoms with Crippen molar-refractivity contribution in [2.45, 2.75) is 18.2 Å². The molecule has 2 rings (SSSR count). The summed E-state index contributed by atoms with van der Waals surface area (Å²) in [5.74, 6) is -1.31. The summed E-state index contributed by atoms with van der Waals surface area (Å²) < 4.78 is 23.7. The number of carboxylic acid groups (broad SMARTS) is 1. The first-order valence-electron chi connectivity index (χ1n) is 6.57. The molecule has 0 aliphatic carbocycles. The largest absolute Gasteiger partial charge is 0.481 e. The number of likely N-dealkylation sites (tertiary alicyclic amines) is 1. The van der Waals surface area contributed by atoms with E-state index in [-0.39, 0.29) is 22.9 Å². The molecular weight excluding hydrogens is 374 g/mol. The van der Waals surface area contributed by atoms with Crippen LogP contribution in [0.2, 0.25) is 0 Å². The average molecular weight is 390 g/mol. The van der Waals surface area contributed by atoms with Crippen molar-refractivity contribution in [1.29, 1.82) is 0 Å².